The van der Waals surface area contributed by atoms with E-state index >= 15 is 0 Å². The number of hydrazine groups is 1. The van der Waals surface area contributed by atoms with Crippen molar-refractivity contribution in [2.24, 2.45) is 5.84 Å². The Morgan fingerprint density at radius 2 is 1.88 bits per heavy atom. The number of nitrogens with zero attached hydrogens (tertiary/aromatic N) is 1. The van der Waals surface area contributed by atoms with Crippen LogP contribution in [0.3, 0.4) is 0 Å². The number of amides is 1. The van der Waals surface area contributed by atoms with Crippen LogP contribution < -0.4 is 5.84 Å². The first-order valence-corrected chi connectivity index (χ1v) is 5.17. The second kappa shape index (κ2) is 4.99. The molecule has 4 nitrogen and oxygen atoms in total. The Kier molecular flexibility index (Phi) is 3.90. The molecule has 1 aromatic carbocycles. The van der Waals surface area contributed by atoms with Crippen molar-refractivity contribution < 1.29 is 9.53 Å². The van der Waals surface area contributed by atoms with Gasteiger partial charge in [0.2, 0.25) is 0 Å². The van der Waals surface area contributed by atoms with Gasteiger partial charge < -0.3 is 4.74 Å². The fourth-order valence-electron chi connectivity index (χ4n) is 1.06. The fourth-order valence-corrected chi connectivity index (χ4v) is 1.06. The van der Waals surface area contributed by atoms with Gasteiger partial charge in [-0.05, 0) is 26.3 Å². The minimum absolute atomic E-state index is 0.240. The Bertz CT molecular complexity index is 344. The van der Waals surface area contributed by atoms with Gasteiger partial charge in [-0.3, -0.25) is 0 Å². The summed E-state index contributed by atoms with van der Waals surface area (Å²) in [5, 5.41) is 1.09. The third-order valence-corrected chi connectivity index (χ3v) is 2.12. The molecule has 0 fully saturated rings. The van der Waals surface area contributed by atoms with Gasteiger partial charge in [0.15, 0.2) is 0 Å². The van der Waals surface area contributed by atoms with Crippen molar-refractivity contribution in [3.05, 3.63) is 35.9 Å². The van der Waals surface area contributed by atoms with Crippen LogP contribution in [0.15, 0.2) is 30.3 Å². The van der Waals surface area contributed by atoms with Crippen molar-refractivity contribution in [3.8, 4) is 0 Å². The predicted octanol–water partition coefficient (Wildman–Crippen LogP) is 2.30. The summed E-state index contributed by atoms with van der Waals surface area (Å²) < 4.78 is 5.08. The van der Waals surface area contributed by atoms with Crippen LogP contribution >= 0.6 is 0 Å². The van der Waals surface area contributed by atoms with Crippen molar-refractivity contribution in [1.82, 2.24) is 5.01 Å². The highest BCUT2D eigenvalue weighted by atomic mass is 16.6. The molecule has 0 bridgehead atoms. The molecule has 0 saturated heterocycles. The predicted molar refractivity (Wildman–Crippen MR) is 62.4 cm³/mol. The zero-order valence-electron chi connectivity index (χ0n) is 9.93. The van der Waals surface area contributed by atoms with Crippen LogP contribution in [0.4, 0.5) is 4.79 Å². The van der Waals surface area contributed by atoms with Crippen LogP contribution in [0.1, 0.15) is 26.3 Å². The number of ether oxygens (including phenoxy) is 1. The molecule has 1 rings (SSSR count). The highest BCUT2D eigenvalue weighted by Gasteiger charge is 2.24. The van der Waals surface area contributed by atoms with E-state index < -0.39 is 11.6 Å². The van der Waals surface area contributed by atoms with E-state index in [1.165, 1.54) is 0 Å². The molecule has 0 spiro atoms. The van der Waals surface area contributed by atoms with E-state index in [0.717, 1.165) is 10.6 Å². The average molecular weight is 222 g/mol. The van der Waals surface area contributed by atoms with Gasteiger partial charge in [0.1, 0.15) is 6.61 Å². The van der Waals surface area contributed by atoms with Crippen LogP contribution in [0.25, 0.3) is 0 Å². The number of carbonyl (C=O) groups excluding carboxylic acids is 1. The highest BCUT2D eigenvalue weighted by Crippen LogP contribution is 2.10. The van der Waals surface area contributed by atoms with Gasteiger partial charge in [0.05, 0.1) is 5.54 Å². The van der Waals surface area contributed by atoms with E-state index in [0.29, 0.717) is 0 Å². The molecule has 0 atom stereocenters. The summed E-state index contributed by atoms with van der Waals surface area (Å²) in [6, 6.07) is 9.49. The van der Waals surface area contributed by atoms with E-state index in [2.05, 4.69) is 0 Å². The van der Waals surface area contributed by atoms with Gasteiger partial charge in [-0.1, -0.05) is 30.3 Å². The van der Waals surface area contributed by atoms with E-state index in [9.17, 15) is 4.79 Å². The molecule has 0 heterocycles. The Labute approximate surface area is 96.0 Å². The van der Waals surface area contributed by atoms with E-state index in [1.807, 2.05) is 51.1 Å². The lowest BCUT2D eigenvalue weighted by molar-refractivity contribution is 0.0627. The molecule has 2 N–H and O–H groups in total. The van der Waals surface area contributed by atoms with Crippen molar-refractivity contribution in [1.29, 1.82) is 0 Å². The number of hydrogen-bond acceptors (Lipinski definition) is 3. The number of rotatable bonds is 2. The van der Waals surface area contributed by atoms with Crippen molar-refractivity contribution >= 4 is 6.09 Å². The Hall–Kier alpha value is -1.55. The fraction of sp³-hybridized carbons (Fsp3) is 0.417. The summed E-state index contributed by atoms with van der Waals surface area (Å²) in [4.78, 5) is 11.5. The van der Waals surface area contributed by atoms with Gasteiger partial charge in [-0.2, -0.15) is 0 Å². The van der Waals surface area contributed by atoms with E-state index in [-0.39, 0.29) is 6.61 Å². The lowest BCUT2D eigenvalue weighted by Crippen LogP contribution is -2.50. The molecule has 88 valence electrons. The third kappa shape index (κ3) is 3.55. The monoisotopic (exact) mass is 222 g/mol. The van der Waals surface area contributed by atoms with E-state index in [4.69, 9.17) is 10.6 Å². The van der Waals surface area contributed by atoms with E-state index in [1.54, 1.807) is 0 Å². The Morgan fingerprint density at radius 3 is 2.38 bits per heavy atom. The van der Waals surface area contributed by atoms with Crippen LogP contribution in [0.5, 0.6) is 0 Å². The average Bonchev–Trinajstić information content (AvgIpc) is 2.25. The minimum Gasteiger partial charge on any atom is -0.444 e. The first-order valence-electron chi connectivity index (χ1n) is 5.17. The number of hydrogen-bond donors (Lipinski definition) is 1. The number of carbonyl (C=O) groups is 1. The zero-order valence-corrected chi connectivity index (χ0v) is 9.93. The summed E-state index contributed by atoms with van der Waals surface area (Å²) in [6.45, 7) is 5.77. The van der Waals surface area contributed by atoms with Crippen LogP contribution in [-0.2, 0) is 11.3 Å². The lowest BCUT2D eigenvalue weighted by Gasteiger charge is -2.29. The molecule has 0 aromatic heterocycles. The molecule has 0 aliphatic heterocycles. The summed E-state index contributed by atoms with van der Waals surface area (Å²) in [6.07, 6.45) is -0.517. The smallest absolute Gasteiger partial charge is 0.424 e. The quantitative estimate of drug-likeness (QED) is 0.474. The second-order valence-corrected chi connectivity index (χ2v) is 4.58. The Morgan fingerprint density at radius 1 is 1.31 bits per heavy atom. The third-order valence-electron chi connectivity index (χ3n) is 2.12. The molecular weight excluding hydrogens is 204 g/mol. The SMILES string of the molecule is CC(C)(C)N(N)C(=O)OCc1ccccc1. The van der Waals surface area contributed by atoms with Crippen molar-refractivity contribution in [2.45, 2.75) is 32.9 Å². The van der Waals surface area contributed by atoms with Crippen LogP contribution in [0, 0.1) is 0 Å². The molecule has 0 unspecified atom stereocenters. The molecule has 4 heteroatoms. The maximum Gasteiger partial charge on any atom is 0.424 e. The molecule has 0 aliphatic carbocycles. The van der Waals surface area contributed by atoms with Crippen molar-refractivity contribution in [3.63, 3.8) is 0 Å². The van der Waals surface area contributed by atoms with Gasteiger partial charge >= 0.3 is 6.09 Å². The number of benzene rings is 1. The molecule has 0 aliphatic rings. The molecule has 0 radical (unpaired) electrons. The van der Waals surface area contributed by atoms with Gasteiger partial charge in [0, 0.05) is 0 Å². The summed E-state index contributed by atoms with van der Waals surface area (Å²) >= 11 is 0. The van der Waals surface area contributed by atoms with Gasteiger partial charge in [-0.15, -0.1) is 0 Å². The lowest BCUT2D eigenvalue weighted by atomic mass is 10.1. The number of nitrogens with two attached hydrogens (primary N) is 1. The van der Waals surface area contributed by atoms with Crippen LogP contribution in [-0.4, -0.2) is 16.6 Å². The summed E-state index contributed by atoms with van der Waals surface area (Å²) in [5.41, 5.74) is 0.506. The topological polar surface area (TPSA) is 55.6 Å². The molecule has 16 heavy (non-hydrogen) atoms. The molecule has 1 aromatic rings. The van der Waals surface area contributed by atoms with Crippen molar-refractivity contribution in [2.75, 3.05) is 0 Å². The first-order chi connectivity index (χ1) is 7.41. The largest absolute Gasteiger partial charge is 0.444 e. The molecule has 1 amide bonds. The summed E-state index contributed by atoms with van der Waals surface area (Å²) in [5.74, 6) is 5.62. The standard InChI is InChI=1S/C12H18N2O2/c1-12(2,3)14(13)11(15)16-9-10-7-5-4-6-8-10/h4-8H,9,13H2,1-3H3. The van der Waals surface area contributed by atoms with Gasteiger partial charge in [0.25, 0.3) is 0 Å². The first kappa shape index (κ1) is 12.5. The second-order valence-electron chi connectivity index (χ2n) is 4.58. The minimum atomic E-state index is -0.517. The maximum absolute atomic E-state index is 11.5. The van der Waals surface area contributed by atoms with Crippen LogP contribution in [0.2, 0.25) is 0 Å². The maximum atomic E-state index is 11.5. The van der Waals surface area contributed by atoms with Gasteiger partial charge in [-0.25, -0.2) is 15.6 Å². The Balaban J connectivity index is 2.48. The molecular formula is C12H18N2O2. The normalized spacial score (nSPS) is 11.0. The zero-order chi connectivity index (χ0) is 12.2. The highest BCUT2D eigenvalue weighted by molar-refractivity contribution is 5.67. The molecule has 0 saturated carbocycles. The summed E-state index contributed by atoms with van der Waals surface area (Å²) in [7, 11) is 0.